The minimum absolute atomic E-state index is 0.120. The number of nitrogens with zero attached hydrogens (tertiary/aromatic N) is 2. The van der Waals surface area contributed by atoms with E-state index >= 15 is 0 Å². The monoisotopic (exact) mass is 266 g/mol. The molecule has 2 aromatic rings. The quantitative estimate of drug-likeness (QED) is 0.835. The van der Waals surface area contributed by atoms with Crippen molar-refractivity contribution in [3.8, 4) is 0 Å². The minimum Gasteiger partial charge on any atom is -0.332 e. The van der Waals surface area contributed by atoms with Crippen LogP contribution in [0, 0.1) is 6.92 Å². The lowest BCUT2D eigenvalue weighted by molar-refractivity contribution is 0.0735. The summed E-state index contributed by atoms with van der Waals surface area (Å²) < 4.78 is 0. The van der Waals surface area contributed by atoms with Gasteiger partial charge in [-0.15, -0.1) is 0 Å². The first-order valence-electron chi connectivity index (χ1n) is 7.03. The zero-order valence-electron chi connectivity index (χ0n) is 11.6. The molecule has 3 rings (SSSR count). The van der Waals surface area contributed by atoms with Gasteiger partial charge in [0, 0.05) is 24.5 Å². The molecular formula is C17H18N2O. The molecule has 1 fully saturated rings. The lowest BCUT2D eigenvalue weighted by atomic mass is 10.0. The van der Waals surface area contributed by atoms with E-state index in [1.54, 1.807) is 0 Å². The average Bonchev–Trinajstić information content (AvgIpc) is 2.97. The number of rotatable bonds is 2. The first-order chi connectivity index (χ1) is 9.75. The highest BCUT2D eigenvalue weighted by molar-refractivity contribution is 5.94. The first-order valence-corrected chi connectivity index (χ1v) is 7.03. The van der Waals surface area contributed by atoms with E-state index in [0.717, 1.165) is 36.1 Å². The summed E-state index contributed by atoms with van der Waals surface area (Å²) in [6.07, 6.45) is 5.80. The molecule has 1 aliphatic rings. The van der Waals surface area contributed by atoms with Crippen LogP contribution in [0.25, 0.3) is 0 Å². The van der Waals surface area contributed by atoms with E-state index < -0.39 is 0 Å². The Kier molecular flexibility index (Phi) is 3.50. The molecule has 0 aliphatic carbocycles. The Morgan fingerprint density at radius 1 is 1.25 bits per heavy atom. The van der Waals surface area contributed by atoms with Gasteiger partial charge in [-0.2, -0.15) is 0 Å². The normalized spacial score (nSPS) is 18.2. The highest BCUT2D eigenvalue weighted by Crippen LogP contribution is 2.32. The smallest absolute Gasteiger partial charge is 0.254 e. The van der Waals surface area contributed by atoms with Crippen molar-refractivity contribution in [1.82, 2.24) is 9.88 Å². The lowest BCUT2D eigenvalue weighted by Gasteiger charge is -2.25. The number of carbonyl (C=O) groups excluding carboxylic acids is 1. The predicted molar refractivity (Wildman–Crippen MR) is 78.4 cm³/mol. The van der Waals surface area contributed by atoms with E-state index in [2.05, 4.69) is 11.1 Å². The fourth-order valence-corrected chi connectivity index (χ4v) is 2.86. The fraction of sp³-hybridized carbons (Fsp3) is 0.294. The van der Waals surface area contributed by atoms with Crippen LogP contribution in [0.2, 0.25) is 0 Å². The Morgan fingerprint density at radius 2 is 2.05 bits per heavy atom. The van der Waals surface area contributed by atoms with Gasteiger partial charge in [0.25, 0.3) is 5.91 Å². The van der Waals surface area contributed by atoms with E-state index in [-0.39, 0.29) is 11.9 Å². The Bertz CT molecular complexity index is 609. The topological polar surface area (TPSA) is 33.2 Å². The summed E-state index contributed by atoms with van der Waals surface area (Å²) in [5.74, 6) is 0.120. The van der Waals surface area contributed by atoms with Gasteiger partial charge in [0.15, 0.2) is 0 Å². The lowest BCUT2D eigenvalue weighted by Crippen LogP contribution is -2.30. The van der Waals surface area contributed by atoms with E-state index in [9.17, 15) is 4.79 Å². The van der Waals surface area contributed by atoms with Gasteiger partial charge in [-0.3, -0.25) is 9.78 Å². The van der Waals surface area contributed by atoms with Gasteiger partial charge in [-0.25, -0.2) is 0 Å². The maximum absolute atomic E-state index is 12.6. The van der Waals surface area contributed by atoms with E-state index in [1.165, 1.54) is 0 Å². The van der Waals surface area contributed by atoms with Gasteiger partial charge < -0.3 is 4.90 Å². The first kappa shape index (κ1) is 12.9. The third-order valence-electron chi connectivity index (χ3n) is 3.82. The second kappa shape index (κ2) is 5.45. The molecule has 0 spiro atoms. The van der Waals surface area contributed by atoms with Gasteiger partial charge in [-0.05, 0) is 43.0 Å². The van der Waals surface area contributed by atoms with Crippen LogP contribution in [0.5, 0.6) is 0 Å². The molecule has 1 saturated heterocycles. The second-order valence-electron chi connectivity index (χ2n) is 5.32. The van der Waals surface area contributed by atoms with E-state index in [1.807, 2.05) is 54.5 Å². The molecule has 0 radical (unpaired) electrons. The van der Waals surface area contributed by atoms with Crippen LogP contribution >= 0.6 is 0 Å². The molecular weight excluding hydrogens is 248 g/mol. The van der Waals surface area contributed by atoms with Gasteiger partial charge in [0.1, 0.15) is 0 Å². The Hall–Kier alpha value is -2.16. The molecule has 0 saturated carbocycles. The summed E-state index contributed by atoms with van der Waals surface area (Å²) in [6.45, 7) is 2.86. The van der Waals surface area contributed by atoms with Crippen LogP contribution < -0.4 is 0 Å². The summed E-state index contributed by atoms with van der Waals surface area (Å²) in [4.78, 5) is 18.9. The molecule has 0 bridgehead atoms. The number of benzene rings is 1. The van der Waals surface area contributed by atoms with Crippen molar-refractivity contribution in [2.45, 2.75) is 25.8 Å². The van der Waals surface area contributed by atoms with E-state index in [4.69, 9.17) is 0 Å². The maximum Gasteiger partial charge on any atom is 0.254 e. The summed E-state index contributed by atoms with van der Waals surface area (Å²) in [5, 5.41) is 0. The number of pyridine rings is 1. The average molecular weight is 266 g/mol. The highest BCUT2D eigenvalue weighted by atomic mass is 16.2. The Morgan fingerprint density at radius 3 is 2.80 bits per heavy atom. The summed E-state index contributed by atoms with van der Waals surface area (Å²) in [6, 6.07) is 11.8. The van der Waals surface area contributed by atoms with Crippen molar-refractivity contribution < 1.29 is 4.79 Å². The van der Waals surface area contributed by atoms with Gasteiger partial charge in [0.05, 0.1) is 6.04 Å². The Balaban J connectivity index is 1.88. The van der Waals surface area contributed by atoms with Gasteiger partial charge in [0.2, 0.25) is 0 Å². The molecule has 1 aromatic carbocycles. The van der Waals surface area contributed by atoms with Crippen molar-refractivity contribution in [3.63, 3.8) is 0 Å². The molecule has 3 heteroatoms. The van der Waals surface area contributed by atoms with Crippen LogP contribution in [0.15, 0.2) is 48.8 Å². The number of likely N-dealkylation sites (tertiary alicyclic amines) is 1. The molecule has 102 valence electrons. The van der Waals surface area contributed by atoms with Crippen molar-refractivity contribution in [3.05, 3.63) is 65.5 Å². The zero-order chi connectivity index (χ0) is 13.9. The standard InChI is InChI=1S/C17H18N2O/c1-13-10-15(12-18-11-13)16-8-5-9-19(16)17(20)14-6-3-2-4-7-14/h2-4,6-7,10-12,16H,5,8-9H2,1H3. The van der Waals surface area contributed by atoms with Crippen molar-refractivity contribution in [2.24, 2.45) is 0 Å². The summed E-state index contributed by atoms with van der Waals surface area (Å²) >= 11 is 0. The largest absolute Gasteiger partial charge is 0.332 e. The molecule has 1 unspecified atom stereocenters. The van der Waals surface area contributed by atoms with Crippen molar-refractivity contribution in [2.75, 3.05) is 6.54 Å². The predicted octanol–water partition coefficient (Wildman–Crippen LogP) is 3.37. The zero-order valence-corrected chi connectivity index (χ0v) is 11.6. The van der Waals surface area contributed by atoms with Crippen LogP contribution in [-0.4, -0.2) is 22.3 Å². The molecule has 1 amide bonds. The number of amides is 1. The van der Waals surface area contributed by atoms with Gasteiger partial charge >= 0.3 is 0 Å². The second-order valence-corrected chi connectivity index (χ2v) is 5.32. The minimum atomic E-state index is 0.120. The number of carbonyl (C=O) groups is 1. The number of aromatic nitrogens is 1. The number of aryl methyl sites for hydroxylation is 1. The van der Waals surface area contributed by atoms with Crippen LogP contribution in [0.3, 0.4) is 0 Å². The van der Waals surface area contributed by atoms with Crippen molar-refractivity contribution >= 4 is 5.91 Å². The third kappa shape index (κ3) is 2.44. The molecule has 1 aliphatic heterocycles. The molecule has 2 heterocycles. The maximum atomic E-state index is 12.6. The molecule has 3 nitrogen and oxygen atoms in total. The highest BCUT2D eigenvalue weighted by Gasteiger charge is 2.30. The number of hydrogen-bond acceptors (Lipinski definition) is 2. The van der Waals surface area contributed by atoms with Crippen LogP contribution in [0.4, 0.5) is 0 Å². The van der Waals surface area contributed by atoms with E-state index in [0.29, 0.717) is 0 Å². The molecule has 1 aromatic heterocycles. The van der Waals surface area contributed by atoms with Crippen LogP contribution in [-0.2, 0) is 0 Å². The summed E-state index contributed by atoms with van der Waals surface area (Å²) in [5.41, 5.74) is 3.05. The van der Waals surface area contributed by atoms with Crippen LogP contribution in [0.1, 0.15) is 40.4 Å². The van der Waals surface area contributed by atoms with Gasteiger partial charge in [-0.1, -0.05) is 24.3 Å². The van der Waals surface area contributed by atoms with Crippen molar-refractivity contribution in [1.29, 1.82) is 0 Å². The SMILES string of the molecule is Cc1cncc(C2CCCN2C(=O)c2ccccc2)c1. The third-order valence-corrected chi connectivity index (χ3v) is 3.82. The molecule has 0 N–H and O–H groups in total. The molecule has 20 heavy (non-hydrogen) atoms. The summed E-state index contributed by atoms with van der Waals surface area (Å²) in [7, 11) is 0. The fourth-order valence-electron chi connectivity index (χ4n) is 2.86. The molecule has 1 atom stereocenters. The Labute approximate surface area is 119 Å². The number of hydrogen-bond donors (Lipinski definition) is 0.